The molecule has 5 nitrogen and oxygen atoms in total. The highest BCUT2D eigenvalue weighted by atomic mass is 19.1. The van der Waals surface area contributed by atoms with Crippen molar-refractivity contribution in [1.29, 1.82) is 0 Å². The second kappa shape index (κ2) is 9.54. The van der Waals surface area contributed by atoms with Gasteiger partial charge in [-0.3, -0.25) is 9.69 Å². The van der Waals surface area contributed by atoms with Crippen LogP contribution in [0.5, 0.6) is 0 Å². The number of nitrogens with one attached hydrogen (secondary N) is 1. The Balaban J connectivity index is 0.000000687. The molecule has 0 saturated carbocycles. The molecule has 1 N–H and O–H groups in total. The van der Waals surface area contributed by atoms with Crippen LogP contribution in [0.15, 0.2) is 42.5 Å². The fraction of sp³-hybridized carbons (Fsp3) is 0.391. The van der Waals surface area contributed by atoms with Crippen molar-refractivity contribution in [2.75, 3.05) is 13.6 Å². The molecule has 156 valence electrons. The summed E-state index contributed by atoms with van der Waals surface area (Å²) >= 11 is 0. The van der Waals surface area contributed by atoms with Crippen LogP contribution < -0.4 is 5.32 Å². The monoisotopic (exact) mass is 400 g/mol. The van der Waals surface area contributed by atoms with Gasteiger partial charge in [-0.15, -0.1) is 0 Å². The first-order valence-electron chi connectivity index (χ1n) is 9.61. The van der Waals surface area contributed by atoms with E-state index in [0.29, 0.717) is 13.0 Å². The number of rotatable bonds is 2. The molecule has 0 spiro atoms. The van der Waals surface area contributed by atoms with Crippen LogP contribution in [0.3, 0.4) is 0 Å². The summed E-state index contributed by atoms with van der Waals surface area (Å²) in [5.74, 6) is -0.284. The van der Waals surface area contributed by atoms with Gasteiger partial charge in [0, 0.05) is 13.6 Å². The molecule has 0 unspecified atom stereocenters. The Morgan fingerprint density at radius 3 is 2.38 bits per heavy atom. The molecule has 0 aliphatic carbocycles. The highest BCUT2D eigenvalue weighted by Gasteiger charge is 2.34. The normalized spacial score (nSPS) is 15.5. The summed E-state index contributed by atoms with van der Waals surface area (Å²) in [7, 11) is 1.56. The predicted octanol–water partition coefficient (Wildman–Crippen LogP) is 4.38. The van der Waals surface area contributed by atoms with Crippen LogP contribution in [0.1, 0.15) is 49.1 Å². The molecule has 0 radical (unpaired) electrons. The Morgan fingerprint density at radius 1 is 1.21 bits per heavy atom. The quantitative estimate of drug-likeness (QED) is 0.761. The van der Waals surface area contributed by atoms with E-state index in [4.69, 9.17) is 9.53 Å². The Morgan fingerprint density at radius 2 is 1.83 bits per heavy atom. The van der Waals surface area contributed by atoms with Gasteiger partial charge in [-0.2, -0.15) is 0 Å². The van der Waals surface area contributed by atoms with Gasteiger partial charge in [-0.25, -0.2) is 9.18 Å². The Bertz CT molecular complexity index is 844. The first-order chi connectivity index (χ1) is 13.7. The Labute approximate surface area is 171 Å². The number of ether oxygens (including phenoxy) is 1. The van der Waals surface area contributed by atoms with Crippen molar-refractivity contribution >= 4 is 12.5 Å². The molecular weight excluding hydrogens is 371 g/mol. The fourth-order valence-electron chi connectivity index (χ4n) is 3.26. The van der Waals surface area contributed by atoms with E-state index in [2.05, 4.69) is 23.5 Å². The first kappa shape index (κ1) is 22.4. The van der Waals surface area contributed by atoms with E-state index in [9.17, 15) is 9.18 Å². The molecule has 0 bridgehead atoms. The van der Waals surface area contributed by atoms with Crippen molar-refractivity contribution in [1.82, 2.24) is 10.2 Å². The molecule has 1 heterocycles. The summed E-state index contributed by atoms with van der Waals surface area (Å²) in [5, 5.41) is 2.25. The Hall–Kier alpha value is -2.89. The van der Waals surface area contributed by atoms with Gasteiger partial charge in [0.05, 0.1) is 6.04 Å². The van der Waals surface area contributed by atoms with Crippen LogP contribution in [-0.2, 0) is 16.0 Å². The average molecular weight is 400 g/mol. The van der Waals surface area contributed by atoms with E-state index in [1.165, 1.54) is 17.7 Å². The number of hydrogen-bond acceptors (Lipinski definition) is 3. The highest BCUT2D eigenvalue weighted by Crippen LogP contribution is 2.36. The number of nitrogens with zero attached hydrogens (tertiary/aromatic N) is 1. The maximum absolute atomic E-state index is 13.4. The zero-order valence-corrected chi connectivity index (χ0v) is 17.7. The SMILES string of the molecule is CNC=O.Cc1ccc2c(c1)[C@H](c1ccc(F)cc1)N(C(=O)OC(C)(C)C)CC2. The molecule has 6 heteroatoms. The van der Waals surface area contributed by atoms with Crippen LogP contribution in [0, 0.1) is 12.7 Å². The van der Waals surface area contributed by atoms with Gasteiger partial charge in [0.2, 0.25) is 6.41 Å². The van der Waals surface area contributed by atoms with E-state index < -0.39 is 5.60 Å². The van der Waals surface area contributed by atoms with Gasteiger partial charge in [-0.05, 0) is 62.9 Å². The first-order valence-corrected chi connectivity index (χ1v) is 9.61. The number of hydrogen-bond donors (Lipinski definition) is 1. The van der Waals surface area contributed by atoms with E-state index in [0.717, 1.165) is 23.1 Å². The highest BCUT2D eigenvalue weighted by molar-refractivity contribution is 5.70. The molecule has 2 amide bonds. The van der Waals surface area contributed by atoms with Crippen LogP contribution in [0.4, 0.5) is 9.18 Å². The lowest BCUT2D eigenvalue weighted by molar-refractivity contribution is -0.109. The minimum atomic E-state index is -0.558. The maximum atomic E-state index is 13.4. The van der Waals surface area contributed by atoms with E-state index in [1.54, 1.807) is 24.1 Å². The second-order valence-electron chi connectivity index (χ2n) is 7.99. The number of halogens is 1. The van der Waals surface area contributed by atoms with Crippen molar-refractivity contribution in [3.63, 3.8) is 0 Å². The summed E-state index contributed by atoms with van der Waals surface area (Å²) in [6, 6.07) is 12.4. The standard InChI is InChI=1S/C21H24FNO2.C2H5NO/c1-14-5-6-15-11-12-23(20(24)25-21(2,3)4)19(18(15)13-14)16-7-9-17(22)10-8-16;1-3-2-4/h5-10,13,19H,11-12H2,1-4H3;2H,1H3,(H,3,4)/t19-;/m0./s1. The minimum absolute atomic E-state index is 0.265. The zero-order chi connectivity index (χ0) is 21.6. The third-order valence-electron chi connectivity index (χ3n) is 4.46. The smallest absolute Gasteiger partial charge is 0.411 e. The topological polar surface area (TPSA) is 58.6 Å². The molecular formula is C23H29FN2O3. The summed E-state index contributed by atoms with van der Waals surface area (Å²) in [5.41, 5.74) is 3.77. The fourth-order valence-corrected chi connectivity index (χ4v) is 3.26. The van der Waals surface area contributed by atoms with Gasteiger partial charge in [0.1, 0.15) is 11.4 Å². The molecule has 0 aromatic heterocycles. The molecule has 1 aliphatic heterocycles. The summed E-state index contributed by atoms with van der Waals surface area (Å²) < 4.78 is 19.0. The predicted molar refractivity (Wildman–Crippen MR) is 111 cm³/mol. The van der Waals surface area contributed by atoms with Gasteiger partial charge >= 0.3 is 6.09 Å². The van der Waals surface area contributed by atoms with Gasteiger partial charge in [-0.1, -0.05) is 35.9 Å². The van der Waals surface area contributed by atoms with Gasteiger partial charge in [0.25, 0.3) is 0 Å². The van der Waals surface area contributed by atoms with Crippen molar-refractivity contribution < 1.29 is 18.7 Å². The molecule has 1 atom stereocenters. The molecule has 1 aliphatic rings. The minimum Gasteiger partial charge on any atom is -0.444 e. The van der Waals surface area contributed by atoms with Crippen molar-refractivity contribution in [2.45, 2.75) is 45.8 Å². The van der Waals surface area contributed by atoms with E-state index >= 15 is 0 Å². The summed E-state index contributed by atoms with van der Waals surface area (Å²) in [6.45, 7) is 8.20. The lowest BCUT2D eigenvalue weighted by atomic mass is 9.87. The third-order valence-corrected chi connectivity index (χ3v) is 4.46. The summed E-state index contributed by atoms with van der Waals surface area (Å²) in [6.07, 6.45) is 1.07. The third kappa shape index (κ3) is 6.04. The molecule has 3 rings (SSSR count). The Kier molecular flexibility index (Phi) is 7.37. The maximum Gasteiger partial charge on any atom is 0.411 e. The number of benzene rings is 2. The average Bonchev–Trinajstić information content (AvgIpc) is 2.66. The molecule has 29 heavy (non-hydrogen) atoms. The van der Waals surface area contributed by atoms with E-state index in [1.807, 2.05) is 27.7 Å². The van der Waals surface area contributed by atoms with Crippen molar-refractivity contribution in [3.05, 3.63) is 70.5 Å². The lowest BCUT2D eigenvalue weighted by Crippen LogP contribution is -2.43. The number of carbonyl (C=O) groups is 2. The molecule has 2 aromatic carbocycles. The molecule has 2 aromatic rings. The van der Waals surface area contributed by atoms with Crippen LogP contribution >= 0.6 is 0 Å². The van der Waals surface area contributed by atoms with Crippen LogP contribution in [-0.4, -0.2) is 36.6 Å². The molecule has 0 saturated heterocycles. The number of carbonyl (C=O) groups excluding carboxylic acids is 2. The largest absolute Gasteiger partial charge is 0.444 e. The summed E-state index contributed by atoms with van der Waals surface area (Å²) in [4.78, 5) is 23.6. The van der Waals surface area contributed by atoms with Gasteiger partial charge in [0.15, 0.2) is 0 Å². The van der Waals surface area contributed by atoms with Crippen molar-refractivity contribution in [3.8, 4) is 0 Å². The zero-order valence-electron chi connectivity index (χ0n) is 17.7. The second-order valence-corrected chi connectivity index (χ2v) is 7.99. The number of amides is 2. The van der Waals surface area contributed by atoms with Crippen molar-refractivity contribution in [2.24, 2.45) is 0 Å². The molecule has 0 fully saturated rings. The van der Waals surface area contributed by atoms with Gasteiger partial charge < -0.3 is 10.1 Å². The van der Waals surface area contributed by atoms with Crippen LogP contribution in [0.2, 0.25) is 0 Å². The van der Waals surface area contributed by atoms with E-state index in [-0.39, 0.29) is 18.0 Å². The van der Waals surface area contributed by atoms with Crippen LogP contribution in [0.25, 0.3) is 0 Å². The lowest BCUT2D eigenvalue weighted by Gasteiger charge is -2.38. The number of fused-ring (bicyclic) bond motifs is 1. The number of aryl methyl sites for hydroxylation is 1.